The third kappa shape index (κ3) is 4.84. The van der Waals surface area contributed by atoms with Crippen LogP contribution >= 0.6 is 0 Å². The second-order valence-corrected chi connectivity index (χ2v) is 6.86. The monoisotopic (exact) mass is 359 g/mol. The van der Waals surface area contributed by atoms with E-state index in [2.05, 4.69) is 9.55 Å². The normalized spacial score (nSPS) is 17.3. The largest absolute Gasteiger partial charge is 0.490 e. The molecule has 1 aromatic carbocycles. The van der Waals surface area contributed by atoms with E-state index in [0.29, 0.717) is 19.6 Å². The predicted octanol–water partition coefficient (Wildman–Crippen LogP) is 3.43. The molecule has 2 heterocycles. The maximum atomic E-state index is 13.6. The number of para-hydroxylation sites is 1. The van der Waals surface area contributed by atoms with Crippen LogP contribution in [0.25, 0.3) is 0 Å². The van der Waals surface area contributed by atoms with Crippen molar-refractivity contribution in [3.8, 4) is 5.75 Å². The van der Waals surface area contributed by atoms with Crippen LogP contribution in [0.3, 0.4) is 0 Å². The van der Waals surface area contributed by atoms with Gasteiger partial charge in [-0.1, -0.05) is 12.1 Å². The number of ether oxygens (including phenoxy) is 1. The number of imidazole rings is 1. The Labute approximate surface area is 153 Å². The quantitative estimate of drug-likeness (QED) is 0.761. The third-order valence-electron chi connectivity index (χ3n) is 4.90. The molecule has 2 aromatic rings. The van der Waals surface area contributed by atoms with E-state index in [1.807, 2.05) is 18.0 Å². The second-order valence-electron chi connectivity index (χ2n) is 6.86. The second kappa shape index (κ2) is 8.83. The summed E-state index contributed by atoms with van der Waals surface area (Å²) in [6, 6.07) is 6.44. The van der Waals surface area contributed by atoms with E-state index >= 15 is 0 Å². The van der Waals surface area contributed by atoms with Crippen LogP contribution in [-0.2, 0) is 11.3 Å². The molecule has 0 aliphatic carbocycles. The Kier molecular flexibility index (Phi) is 6.26. The van der Waals surface area contributed by atoms with Crippen LogP contribution in [0, 0.1) is 18.7 Å². The van der Waals surface area contributed by atoms with Gasteiger partial charge in [-0.2, -0.15) is 0 Å². The summed E-state index contributed by atoms with van der Waals surface area (Å²) >= 11 is 0. The Hall–Kier alpha value is -2.37. The van der Waals surface area contributed by atoms with E-state index < -0.39 is 0 Å². The van der Waals surface area contributed by atoms with Gasteiger partial charge in [-0.15, -0.1) is 0 Å². The molecule has 1 fully saturated rings. The topological polar surface area (TPSA) is 47.4 Å². The van der Waals surface area contributed by atoms with Crippen molar-refractivity contribution in [3.63, 3.8) is 0 Å². The number of carbonyl (C=O) groups is 1. The van der Waals surface area contributed by atoms with Crippen molar-refractivity contribution in [2.45, 2.75) is 39.2 Å². The standard InChI is InChI=1S/C20H26FN3O2/c1-16-22-10-13-23(16)11-5-9-20(25)24-12-4-6-17(14-24)15-26-19-8-3-2-7-18(19)21/h2-3,7-8,10,13,17H,4-6,9,11-12,14-15H2,1H3. The Morgan fingerprint density at radius 1 is 1.38 bits per heavy atom. The summed E-state index contributed by atoms with van der Waals surface area (Å²) in [5.74, 6) is 1.36. The summed E-state index contributed by atoms with van der Waals surface area (Å²) in [5.41, 5.74) is 0. The van der Waals surface area contributed by atoms with E-state index in [-0.39, 0.29) is 23.4 Å². The average molecular weight is 359 g/mol. The van der Waals surface area contributed by atoms with Gasteiger partial charge in [0.15, 0.2) is 11.6 Å². The molecule has 140 valence electrons. The first-order valence-corrected chi connectivity index (χ1v) is 9.26. The van der Waals surface area contributed by atoms with Gasteiger partial charge in [-0.3, -0.25) is 4.79 Å². The Bertz CT molecular complexity index is 731. The first-order chi connectivity index (χ1) is 12.6. The maximum absolute atomic E-state index is 13.6. The minimum absolute atomic E-state index is 0.193. The lowest BCUT2D eigenvalue weighted by molar-refractivity contribution is -0.133. The van der Waals surface area contributed by atoms with Crippen LogP contribution in [0.4, 0.5) is 4.39 Å². The van der Waals surface area contributed by atoms with E-state index in [1.54, 1.807) is 24.4 Å². The molecule has 0 spiro atoms. The third-order valence-corrected chi connectivity index (χ3v) is 4.90. The molecule has 1 amide bonds. The van der Waals surface area contributed by atoms with Gasteiger partial charge in [0, 0.05) is 44.4 Å². The zero-order valence-corrected chi connectivity index (χ0v) is 15.2. The number of hydrogen-bond donors (Lipinski definition) is 0. The molecule has 3 rings (SSSR count). The van der Waals surface area contributed by atoms with Crippen LogP contribution in [-0.4, -0.2) is 40.1 Å². The lowest BCUT2D eigenvalue weighted by Crippen LogP contribution is -2.41. The predicted molar refractivity (Wildman–Crippen MR) is 97.4 cm³/mol. The van der Waals surface area contributed by atoms with Crippen LogP contribution in [0.5, 0.6) is 5.75 Å². The molecule has 1 aliphatic rings. The molecule has 6 heteroatoms. The van der Waals surface area contributed by atoms with Crippen LogP contribution in [0.1, 0.15) is 31.5 Å². The highest BCUT2D eigenvalue weighted by molar-refractivity contribution is 5.76. The van der Waals surface area contributed by atoms with Gasteiger partial charge in [-0.05, 0) is 38.3 Å². The molecule has 0 N–H and O–H groups in total. The van der Waals surface area contributed by atoms with Gasteiger partial charge in [0.2, 0.25) is 5.91 Å². The van der Waals surface area contributed by atoms with Crippen molar-refractivity contribution in [1.82, 2.24) is 14.5 Å². The fourth-order valence-corrected chi connectivity index (χ4v) is 3.40. The Morgan fingerprint density at radius 2 is 2.23 bits per heavy atom. The van der Waals surface area contributed by atoms with Crippen molar-refractivity contribution in [2.24, 2.45) is 5.92 Å². The first kappa shape index (κ1) is 18.4. The zero-order chi connectivity index (χ0) is 18.4. The number of piperidine rings is 1. The molecule has 1 aliphatic heterocycles. The minimum atomic E-state index is -0.342. The summed E-state index contributed by atoms with van der Waals surface area (Å²) in [6.07, 6.45) is 7.05. The number of halogens is 1. The average Bonchev–Trinajstić information content (AvgIpc) is 3.06. The van der Waals surface area contributed by atoms with Gasteiger partial charge < -0.3 is 14.2 Å². The van der Waals surface area contributed by atoms with Crippen molar-refractivity contribution in [2.75, 3.05) is 19.7 Å². The van der Waals surface area contributed by atoms with Crippen molar-refractivity contribution in [1.29, 1.82) is 0 Å². The molecule has 0 saturated carbocycles. The molecule has 0 bridgehead atoms. The number of aromatic nitrogens is 2. The smallest absolute Gasteiger partial charge is 0.222 e. The first-order valence-electron chi connectivity index (χ1n) is 9.26. The number of nitrogens with zero attached hydrogens (tertiary/aromatic N) is 3. The highest BCUT2D eigenvalue weighted by atomic mass is 19.1. The lowest BCUT2D eigenvalue weighted by Gasteiger charge is -2.32. The highest BCUT2D eigenvalue weighted by Crippen LogP contribution is 2.21. The Balaban J connectivity index is 1.43. The molecule has 1 aromatic heterocycles. The van der Waals surface area contributed by atoms with Crippen LogP contribution in [0.15, 0.2) is 36.7 Å². The number of rotatable bonds is 7. The summed E-state index contributed by atoms with van der Waals surface area (Å²) in [5, 5.41) is 0. The van der Waals surface area contributed by atoms with E-state index in [0.717, 1.165) is 38.2 Å². The zero-order valence-electron chi connectivity index (χ0n) is 15.2. The summed E-state index contributed by atoms with van der Waals surface area (Å²) in [7, 11) is 0. The molecule has 1 atom stereocenters. The van der Waals surface area contributed by atoms with Crippen molar-refractivity contribution in [3.05, 3.63) is 48.3 Å². The minimum Gasteiger partial charge on any atom is -0.490 e. The summed E-state index contributed by atoms with van der Waals surface area (Å²) < 4.78 is 21.3. The number of amides is 1. The molecular formula is C20H26FN3O2. The number of benzene rings is 1. The summed E-state index contributed by atoms with van der Waals surface area (Å²) in [4.78, 5) is 18.6. The van der Waals surface area contributed by atoms with Gasteiger partial charge in [0.25, 0.3) is 0 Å². The van der Waals surface area contributed by atoms with E-state index in [9.17, 15) is 9.18 Å². The molecule has 1 saturated heterocycles. The SMILES string of the molecule is Cc1nccn1CCCC(=O)N1CCCC(COc2ccccc2F)C1. The lowest BCUT2D eigenvalue weighted by atomic mass is 9.98. The fourth-order valence-electron chi connectivity index (χ4n) is 3.40. The molecule has 1 unspecified atom stereocenters. The number of carbonyl (C=O) groups excluding carboxylic acids is 1. The van der Waals surface area contributed by atoms with Gasteiger partial charge in [0.1, 0.15) is 5.82 Å². The maximum Gasteiger partial charge on any atom is 0.222 e. The van der Waals surface area contributed by atoms with Gasteiger partial charge >= 0.3 is 0 Å². The number of hydrogen-bond acceptors (Lipinski definition) is 3. The highest BCUT2D eigenvalue weighted by Gasteiger charge is 2.24. The molecule has 26 heavy (non-hydrogen) atoms. The van der Waals surface area contributed by atoms with Crippen molar-refractivity contribution < 1.29 is 13.9 Å². The van der Waals surface area contributed by atoms with Crippen molar-refractivity contribution >= 4 is 5.91 Å². The number of likely N-dealkylation sites (tertiary alicyclic amines) is 1. The van der Waals surface area contributed by atoms with Gasteiger partial charge in [0.05, 0.1) is 6.61 Å². The van der Waals surface area contributed by atoms with Gasteiger partial charge in [-0.25, -0.2) is 9.37 Å². The number of aryl methyl sites for hydroxylation is 2. The van der Waals surface area contributed by atoms with Crippen LogP contribution in [0.2, 0.25) is 0 Å². The fraction of sp³-hybridized carbons (Fsp3) is 0.500. The van der Waals surface area contributed by atoms with E-state index in [4.69, 9.17) is 4.74 Å². The Morgan fingerprint density at radius 3 is 3.00 bits per heavy atom. The van der Waals surface area contributed by atoms with Crippen LogP contribution < -0.4 is 4.74 Å². The molecular weight excluding hydrogens is 333 g/mol. The molecule has 0 radical (unpaired) electrons. The molecule has 5 nitrogen and oxygen atoms in total. The summed E-state index contributed by atoms with van der Waals surface area (Å²) in [6.45, 7) is 4.72. The van der Waals surface area contributed by atoms with E-state index in [1.165, 1.54) is 6.07 Å².